The first-order valence-electron chi connectivity index (χ1n) is 10.0. The van der Waals surface area contributed by atoms with Crippen molar-refractivity contribution in [2.45, 2.75) is 46.2 Å². The lowest BCUT2D eigenvalue weighted by molar-refractivity contribution is -0.121. The molecule has 1 fully saturated rings. The van der Waals surface area contributed by atoms with Crippen molar-refractivity contribution in [2.24, 2.45) is 0 Å². The molecule has 3 rings (SSSR count). The lowest BCUT2D eigenvalue weighted by Gasteiger charge is -2.29. The monoisotopic (exact) mass is 396 g/mol. The number of hydrogen-bond acceptors (Lipinski definition) is 6. The number of carbonyl (C=O) groups is 1. The van der Waals surface area contributed by atoms with Crippen LogP contribution in [0.25, 0.3) is 0 Å². The molecule has 1 saturated heterocycles. The minimum absolute atomic E-state index is 0.00496. The Kier molecular flexibility index (Phi) is 7.19. The first kappa shape index (κ1) is 20.8. The Labute approximate surface area is 171 Å². The first-order chi connectivity index (χ1) is 14.1. The number of rotatable bonds is 8. The summed E-state index contributed by atoms with van der Waals surface area (Å²) < 4.78 is 7.27. The largest absolute Gasteiger partial charge is 0.378 e. The number of nitrogens with one attached hydrogen (secondary N) is 1. The van der Waals surface area contributed by atoms with Gasteiger partial charge in [-0.15, -0.1) is 0 Å². The molecule has 3 heterocycles. The van der Waals surface area contributed by atoms with Crippen LogP contribution < -0.4 is 10.2 Å². The standard InChI is InChI=1S/C21H28N6O2/c1-16-19(17(2)27(25-16)10-4-8-22)6-7-20(28)24-15-18-5-3-9-23-21(18)26-11-13-29-14-12-26/h3,5,9H,4,6-7,10-15H2,1-2H3,(H,24,28). The van der Waals surface area contributed by atoms with Gasteiger partial charge < -0.3 is 15.0 Å². The molecule has 154 valence electrons. The van der Waals surface area contributed by atoms with Crippen molar-refractivity contribution in [1.29, 1.82) is 5.26 Å². The minimum atomic E-state index is 0.00496. The Bertz CT molecular complexity index is 880. The van der Waals surface area contributed by atoms with Gasteiger partial charge in [-0.1, -0.05) is 6.07 Å². The van der Waals surface area contributed by atoms with Crippen LogP contribution in [-0.2, 0) is 29.0 Å². The SMILES string of the molecule is Cc1nn(CCC#N)c(C)c1CCC(=O)NCc1cccnc1N1CCOCC1. The Morgan fingerprint density at radius 1 is 1.34 bits per heavy atom. The molecule has 8 heteroatoms. The second-order valence-electron chi connectivity index (χ2n) is 7.14. The average Bonchev–Trinajstić information content (AvgIpc) is 3.02. The fourth-order valence-electron chi connectivity index (χ4n) is 3.62. The van der Waals surface area contributed by atoms with E-state index in [1.54, 1.807) is 6.20 Å². The summed E-state index contributed by atoms with van der Waals surface area (Å²) >= 11 is 0. The van der Waals surface area contributed by atoms with Crippen LogP contribution in [0.2, 0.25) is 0 Å². The van der Waals surface area contributed by atoms with Crippen LogP contribution in [0.3, 0.4) is 0 Å². The maximum atomic E-state index is 12.4. The van der Waals surface area contributed by atoms with E-state index in [0.717, 1.165) is 41.4 Å². The van der Waals surface area contributed by atoms with Crippen molar-refractivity contribution in [3.05, 3.63) is 40.8 Å². The molecular weight excluding hydrogens is 368 g/mol. The number of anilines is 1. The molecule has 0 spiro atoms. The highest BCUT2D eigenvalue weighted by atomic mass is 16.5. The summed E-state index contributed by atoms with van der Waals surface area (Å²) in [5.41, 5.74) is 4.07. The van der Waals surface area contributed by atoms with Gasteiger partial charge in [-0.05, 0) is 31.9 Å². The second kappa shape index (κ2) is 10.0. The summed E-state index contributed by atoms with van der Waals surface area (Å²) in [5, 5.41) is 16.3. The van der Waals surface area contributed by atoms with E-state index in [2.05, 4.69) is 26.4 Å². The van der Waals surface area contributed by atoms with Gasteiger partial charge in [-0.2, -0.15) is 10.4 Å². The first-order valence-corrected chi connectivity index (χ1v) is 10.0. The van der Waals surface area contributed by atoms with Crippen molar-refractivity contribution in [1.82, 2.24) is 20.1 Å². The van der Waals surface area contributed by atoms with E-state index in [4.69, 9.17) is 10.00 Å². The van der Waals surface area contributed by atoms with Gasteiger partial charge in [-0.3, -0.25) is 9.48 Å². The molecule has 0 aliphatic carbocycles. The summed E-state index contributed by atoms with van der Waals surface area (Å²) in [6, 6.07) is 6.04. The third kappa shape index (κ3) is 5.33. The third-order valence-electron chi connectivity index (χ3n) is 5.22. The molecule has 0 unspecified atom stereocenters. The zero-order chi connectivity index (χ0) is 20.6. The van der Waals surface area contributed by atoms with E-state index < -0.39 is 0 Å². The summed E-state index contributed by atoms with van der Waals surface area (Å²) in [6.45, 7) is 8.01. The highest BCUT2D eigenvalue weighted by molar-refractivity contribution is 5.76. The van der Waals surface area contributed by atoms with E-state index in [1.807, 2.05) is 30.7 Å². The van der Waals surface area contributed by atoms with Crippen molar-refractivity contribution < 1.29 is 9.53 Å². The van der Waals surface area contributed by atoms with Gasteiger partial charge in [0.15, 0.2) is 0 Å². The summed E-state index contributed by atoms with van der Waals surface area (Å²) in [7, 11) is 0. The molecule has 0 atom stereocenters. The fraction of sp³-hybridized carbons (Fsp3) is 0.524. The number of ether oxygens (including phenoxy) is 1. The van der Waals surface area contributed by atoms with Crippen LogP contribution >= 0.6 is 0 Å². The van der Waals surface area contributed by atoms with Crippen LogP contribution in [0.15, 0.2) is 18.3 Å². The zero-order valence-electron chi connectivity index (χ0n) is 17.1. The van der Waals surface area contributed by atoms with E-state index in [-0.39, 0.29) is 5.91 Å². The van der Waals surface area contributed by atoms with Gasteiger partial charge in [0.25, 0.3) is 0 Å². The Hall–Kier alpha value is -2.92. The Morgan fingerprint density at radius 2 is 2.14 bits per heavy atom. The van der Waals surface area contributed by atoms with Crippen LogP contribution in [0.4, 0.5) is 5.82 Å². The van der Waals surface area contributed by atoms with Crippen LogP contribution in [0.5, 0.6) is 0 Å². The van der Waals surface area contributed by atoms with Gasteiger partial charge in [0.05, 0.1) is 37.9 Å². The zero-order valence-corrected chi connectivity index (χ0v) is 17.1. The van der Waals surface area contributed by atoms with Crippen molar-refractivity contribution in [3.8, 4) is 6.07 Å². The smallest absolute Gasteiger partial charge is 0.220 e. The van der Waals surface area contributed by atoms with Crippen molar-refractivity contribution >= 4 is 11.7 Å². The third-order valence-corrected chi connectivity index (χ3v) is 5.22. The molecule has 2 aromatic heterocycles. The van der Waals surface area contributed by atoms with Gasteiger partial charge in [0.2, 0.25) is 5.91 Å². The molecular formula is C21H28N6O2. The van der Waals surface area contributed by atoms with Gasteiger partial charge in [-0.25, -0.2) is 4.98 Å². The number of hydrogen-bond donors (Lipinski definition) is 1. The lowest BCUT2D eigenvalue weighted by Crippen LogP contribution is -2.37. The van der Waals surface area contributed by atoms with Crippen LogP contribution in [-0.4, -0.2) is 47.0 Å². The van der Waals surface area contributed by atoms with Crippen molar-refractivity contribution in [3.63, 3.8) is 0 Å². The number of carbonyl (C=O) groups excluding carboxylic acids is 1. The quantitative estimate of drug-likeness (QED) is 0.732. The van der Waals surface area contributed by atoms with Crippen LogP contribution in [0, 0.1) is 25.2 Å². The number of aryl methyl sites for hydroxylation is 2. The van der Waals surface area contributed by atoms with Gasteiger partial charge in [0.1, 0.15) is 5.82 Å². The van der Waals surface area contributed by atoms with E-state index in [0.29, 0.717) is 45.6 Å². The molecule has 1 N–H and O–H groups in total. The highest BCUT2D eigenvalue weighted by Gasteiger charge is 2.17. The molecule has 29 heavy (non-hydrogen) atoms. The number of amides is 1. The Balaban J connectivity index is 1.55. The molecule has 0 saturated carbocycles. The maximum Gasteiger partial charge on any atom is 0.220 e. The average molecular weight is 396 g/mol. The molecule has 2 aromatic rings. The Morgan fingerprint density at radius 3 is 2.90 bits per heavy atom. The molecule has 1 aliphatic rings. The number of pyridine rings is 1. The predicted octanol–water partition coefficient (Wildman–Crippen LogP) is 1.89. The summed E-state index contributed by atoms with van der Waals surface area (Å²) in [6.07, 6.45) is 3.25. The predicted molar refractivity (Wildman–Crippen MR) is 109 cm³/mol. The topological polar surface area (TPSA) is 96.1 Å². The van der Waals surface area contributed by atoms with E-state index in [9.17, 15) is 4.79 Å². The maximum absolute atomic E-state index is 12.4. The number of morpholine rings is 1. The molecule has 0 radical (unpaired) electrons. The molecule has 1 amide bonds. The molecule has 0 bridgehead atoms. The number of nitriles is 1. The van der Waals surface area contributed by atoms with E-state index in [1.165, 1.54) is 0 Å². The van der Waals surface area contributed by atoms with Gasteiger partial charge in [0, 0.05) is 43.5 Å². The van der Waals surface area contributed by atoms with E-state index >= 15 is 0 Å². The highest BCUT2D eigenvalue weighted by Crippen LogP contribution is 2.19. The normalized spacial score (nSPS) is 13.9. The molecule has 8 nitrogen and oxygen atoms in total. The van der Waals surface area contributed by atoms with Crippen LogP contribution in [0.1, 0.15) is 35.4 Å². The van der Waals surface area contributed by atoms with Crippen molar-refractivity contribution in [2.75, 3.05) is 31.2 Å². The fourth-order valence-corrected chi connectivity index (χ4v) is 3.62. The molecule has 1 aliphatic heterocycles. The second-order valence-corrected chi connectivity index (χ2v) is 7.14. The minimum Gasteiger partial charge on any atom is -0.378 e. The van der Waals surface area contributed by atoms with Gasteiger partial charge >= 0.3 is 0 Å². The number of nitrogens with zero attached hydrogens (tertiary/aromatic N) is 5. The number of aromatic nitrogens is 3. The summed E-state index contributed by atoms with van der Waals surface area (Å²) in [5.74, 6) is 0.923. The molecule has 0 aromatic carbocycles. The summed E-state index contributed by atoms with van der Waals surface area (Å²) in [4.78, 5) is 19.2. The lowest BCUT2D eigenvalue weighted by atomic mass is 10.1.